The Hall–Kier alpha value is -3.13. The molecule has 0 radical (unpaired) electrons. The second-order valence-electron chi connectivity index (χ2n) is 5.53. The zero-order chi connectivity index (χ0) is 18.0. The number of aromatic nitrogens is 2. The Bertz CT molecular complexity index is 1070. The summed E-state index contributed by atoms with van der Waals surface area (Å²) in [6.07, 6.45) is 5.82. The van der Waals surface area contributed by atoms with Crippen molar-refractivity contribution in [3.8, 4) is 0 Å². The fourth-order valence-electron chi connectivity index (χ4n) is 2.48. The van der Waals surface area contributed by atoms with Crippen LogP contribution >= 0.6 is 0 Å². The average molecular weight is 356 g/mol. The van der Waals surface area contributed by atoms with Crippen LogP contribution in [-0.4, -0.2) is 30.5 Å². The Morgan fingerprint density at radius 2 is 2.00 bits per heavy atom. The summed E-state index contributed by atoms with van der Waals surface area (Å²) in [5, 5.41) is 0.670. The van der Waals surface area contributed by atoms with Crippen LogP contribution in [0.1, 0.15) is 11.1 Å². The van der Waals surface area contributed by atoms with Gasteiger partial charge in [0.1, 0.15) is 5.65 Å². The van der Waals surface area contributed by atoms with Crippen LogP contribution in [0.4, 0.5) is 5.69 Å². The largest absolute Gasteiger partial charge is 0.366 e. The van der Waals surface area contributed by atoms with Crippen LogP contribution in [0.15, 0.2) is 48.8 Å². The molecule has 0 saturated heterocycles. The number of hydrogen-bond donors (Lipinski definition) is 3. The second kappa shape index (κ2) is 6.40. The van der Waals surface area contributed by atoms with Crippen LogP contribution in [0, 0.1) is 0 Å². The molecule has 128 valence electrons. The maximum atomic E-state index is 11.9. The Morgan fingerprint density at radius 1 is 1.28 bits per heavy atom. The number of nitrogens with two attached hydrogens (primary N) is 1. The minimum atomic E-state index is -3.41. The topological polar surface area (TPSA) is 118 Å². The van der Waals surface area contributed by atoms with E-state index in [2.05, 4.69) is 14.7 Å². The minimum absolute atomic E-state index is 0.338. The summed E-state index contributed by atoms with van der Waals surface area (Å²) in [6, 6.07) is 10.7. The Balaban J connectivity index is 2.11. The summed E-state index contributed by atoms with van der Waals surface area (Å²) < 4.78 is 25.2. The number of aromatic amines is 1. The third kappa shape index (κ3) is 3.86. The Labute approximate surface area is 144 Å². The molecule has 3 rings (SSSR count). The van der Waals surface area contributed by atoms with E-state index in [1.54, 1.807) is 30.5 Å². The van der Waals surface area contributed by atoms with Gasteiger partial charge in [-0.2, -0.15) is 0 Å². The van der Waals surface area contributed by atoms with Gasteiger partial charge in [0.05, 0.1) is 18.1 Å². The highest BCUT2D eigenvalue weighted by molar-refractivity contribution is 7.92. The van der Waals surface area contributed by atoms with E-state index >= 15 is 0 Å². The zero-order valence-corrected chi connectivity index (χ0v) is 14.2. The van der Waals surface area contributed by atoms with Gasteiger partial charge in [-0.1, -0.05) is 30.3 Å². The number of nitrogens with one attached hydrogen (secondary N) is 2. The third-order valence-electron chi connectivity index (χ3n) is 3.52. The van der Waals surface area contributed by atoms with Gasteiger partial charge in [0.15, 0.2) is 0 Å². The molecule has 2 aromatic heterocycles. The number of carbonyl (C=O) groups is 1. The number of anilines is 1. The molecular weight excluding hydrogens is 340 g/mol. The monoisotopic (exact) mass is 356 g/mol. The molecule has 3 aromatic rings. The molecule has 0 spiro atoms. The molecule has 0 aliphatic heterocycles. The number of carbonyl (C=O) groups excluding carboxylic acids is 1. The van der Waals surface area contributed by atoms with E-state index in [1.165, 1.54) is 6.20 Å². The highest BCUT2D eigenvalue weighted by Gasteiger charge is 2.12. The van der Waals surface area contributed by atoms with Crippen molar-refractivity contribution < 1.29 is 13.2 Å². The number of H-pyrrole nitrogens is 1. The average Bonchev–Trinajstić information content (AvgIpc) is 2.94. The van der Waals surface area contributed by atoms with Crippen molar-refractivity contribution in [1.29, 1.82) is 0 Å². The van der Waals surface area contributed by atoms with E-state index in [9.17, 15) is 13.2 Å². The number of primary amides is 1. The molecule has 0 aliphatic carbocycles. The lowest BCUT2D eigenvalue weighted by Crippen LogP contribution is -2.12. The van der Waals surface area contributed by atoms with Gasteiger partial charge in [-0.25, -0.2) is 13.4 Å². The summed E-state index contributed by atoms with van der Waals surface area (Å²) in [5.41, 5.74) is 8.15. The predicted molar refractivity (Wildman–Crippen MR) is 98.1 cm³/mol. The number of rotatable bonds is 5. The van der Waals surface area contributed by atoms with Crippen LogP contribution in [0.3, 0.4) is 0 Å². The lowest BCUT2D eigenvalue weighted by Gasteiger charge is -2.05. The van der Waals surface area contributed by atoms with E-state index < -0.39 is 15.9 Å². The van der Waals surface area contributed by atoms with Crippen LogP contribution in [0.5, 0.6) is 0 Å². The number of hydrogen-bond acceptors (Lipinski definition) is 4. The van der Waals surface area contributed by atoms with Crippen LogP contribution in [0.25, 0.3) is 22.7 Å². The van der Waals surface area contributed by atoms with Crippen LogP contribution in [-0.2, 0) is 14.8 Å². The molecule has 2 heterocycles. The summed E-state index contributed by atoms with van der Waals surface area (Å²) in [5.74, 6) is -0.557. The maximum Gasteiger partial charge on any atom is 0.249 e. The van der Waals surface area contributed by atoms with E-state index in [4.69, 9.17) is 5.73 Å². The molecular formula is C17H16N4O3S. The normalized spacial score (nSPS) is 12.3. The molecule has 4 N–H and O–H groups in total. The third-order valence-corrected chi connectivity index (χ3v) is 4.12. The number of nitrogens with zero attached hydrogens (tertiary/aromatic N) is 1. The molecule has 1 amide bonds. The van der Waals surface area contributed by atoms with Crippen molar-refractivity contribution in [2.75, 3.05) is 11.0 Å². The van der Waals surface area contributed by atoms with Crippen molar-refractivity contribution in [3.63, 3.8) is 0 Å². The van der Waals surface area contributed by atoms with Gasteiger partial charge in [-0.15, -0.1) is 0 Å². The van der Waals surface area contributed by atoms with Crippen LogP contribution < -0.4 is 10.5 Å². The molecule has 0 atom stereocenters. The maximum absolute atomic E-state index is 11.9. The molecule has 7 nitrogen and oxygen atoms in total. The first kappa shape index (κ1) is 16.7. The Morgan fingerprint density at radius 3 is 2.64 bits per heavy atom. The predicted octanol–water partition coefficient (Wildman–Crippen LogP) is 1.96. The minimum Gasteiger partial charge on any atom is -0.366 e. The van der Waals surface area contributed by atoms with Crippen molar-refractivity contribution in [1.82, 2.24) is 9.97 Å². The molecule has 0 unspecified atom stereocenters. The molecule has 25 heavy (non-hydrogen) atoms. The molecule has 0 fully saturated rings. The SMILES string of the molecule is CS(=O)(=O)Nc1cnc2[nH]cc(C=C(C(N)=O)c3ccccc3)c2c1. The van der Waals surface area contributed by atoms with Gasteiger partial charge in [0, 0.05) is 22.7 Å². The fourth-order valence-corrected chi connectivity index (χ4v) is 3.02. The van der Waals surface area contributed by atoms with E-state index in [0.29, 0.717) is 33.4 Å². The van der Waals surface area contributed by atoms with E-state index in [0.717, 1.165) is 6.26 Å². The smallest absolute Gasteiger partial charge is 0.249 e. The van der Waals surface area contributed by atoms with Crippen molar-refractivity contribution in [3.05, 3.63) is 59.9 Å². The van der Waals surface area contributed by atoms with Crippen molar-refractivity contribution in [2.45, 2.75) is 0 Å². The molecule has 8 heteroatoms. The van der Waals surface area contributed by atoms with E-state index in [1.807, 2.05) is 18.2 Å². The standard InChI is InChI=1S/C17H16N4O3S/c1-25(23,24)21-13-8-15-12(9-19-17(15)20-10-13)7-14(16(18)22)11-5-3-2-4-6-11/h2-10,21H,1H3,(H2,18,22)(H,19,20). The van der Waals surface area contributed by atoms with Crippen molar-refractivity contribution in [2.24, 2.45) is 5.73 Å². The second-order valence-corrected chi connectivity index (χ2v) is 7.28. The molecule has 1 aromatic carbocycles. The van der Waals surface area contributed by atoms with Gasteiger partial charge in [0.25, 0.3) is 0 Å². The lowest BCUT2D eigenvalue weighted by atomic mass is 10.0. The van der Waals surface area contributed by atoms with Crippen LogP contribution in [0.2, 0.25) is 0 Å². The molecule has 0 bridgehead atoms. The Kier molecular flexibility index (Phi) is 4.28. The van der Waals surface area contributed by atoms with Gasteiger partial charge in [-0.3, -0.25) is 9.52 Å². The lowest BCUT2D eigenvalue weighted by molar-refractivity contribution is -0.112. The molecule has 0 aliphatic rings. The summed E-state index contributed by atoms with van der Waals surface area (Å²) >= 11 is 0. The van der Waals surface area contributed by atoms with Gasteiger partial charge >= 0.3 is 0 Å². The number of fused-ring (bicyclic) bond motifs is 1. The zero-order valence-electron chi connectivity index (χ0n) is 13.4. The first-order valence-corrected chi connectivity index (χ1v) is 9.24. The number of pyridine rings is 1. The fraction of sp³-hybridized carbons (Fsp3) is 0.0588. The van der Waals surface area contributed by atoms with E-state index in [-0.39, 0.29) is 0 Å². The summed E-state index contributed by atoms with van der Waals surface area (Å²) in [6.45, 7) is 0. The first-order valence-electron chi connectivity index (χ1n) is 7.35. The van der Waals surface area contributed by atoms with Gasteiger partial charge in [0.2, 0.25) is 15.9 Å². The first-order chi connectivity index (χ1) is 11.8. The van der Waals surface area contributed by atoms with Crippen molar-refractivity contribution >= 4 is 44.3 Å². The quantitative estimate of drug-likeness (QED) is 0.606. The number of amides is 1. The highest BCUT2D eigenvalue weighted by Crippen LogP contribution is 2.25. The molecule has 0 saturated carbocycles. The number of benzene rings is 1. The van der Waals surface area contributed by atoms with Gasteiger partial charge in [-0.05, 0) is 17.7 Å². The van der Waals surface area contributed by atoms with Gasteiger partial charge < -0.3 is 10.7 Å². The summed E-state index contributed by atoms with van der Waals surface area (Å²) in [7, 11) is -3.41. The number of sulfonamides is 1. The summed E-state index contributed by atoms with van der Waals surface area (Å²) in [4.78, 5) is 19.0. The highest BCUT2D eigenvalue weighted by atomic mass is 32.2.